The van der Waals surface area contributed by atoms with Crippen LogP contribution < -0.4 is 0 Å². The summed E-state index contributed by atoms with van der Waals surface area (Å²) in [7, 11) is 0. The highest BCUT2D eigenvalue weighted by molar-refractivity contribution is 5.87. The fourth-order valence-corrected chi connectivity index (χ4v) is 1.67. The molecule has 0 spiro atoms. The monoisotopic (exact) mass is 263 g/mol. The molecule has 0 saturated heterocycles. The van der Waals surface area contributed by atoms with E-state index >= 15 is 0 Å². The molecule has 0 amide bonds. The van der Waals surface area contributed by atoms with Crippen molar-refractivity contribution in [3.05, 3.63) is 45.5 Å². The molecule has 0 aromatic heterocycles. The second-order valence-corrected chi connectivity index (χ2v) is 4.32. The predicted molar refractivity (Wildman–Crippen MR) is 72.9 cm³/mol. The first kappa shape index (κ1) is 14.9. The predicted octanol–water partition coefficient (Wildman–Crippen LogP) is 3.29. The molecule has 0 aliphatic rings. The molecule has 102 valence electrons. The highest BCUT2D eigenvalue weighted by Gasteiger charge is 2.16. The zero-order valence-corrected chi connectivity index (χ0v) is 11.3. The van der Waals surface area contributed by atoms with E-state index < -0.39 is 10.9 Å². The Morgan fingerprint density at radius 2 is 2.16 bits per heavy atom. The maximum Gasteiger partial charge on any atom is 0.330 e. The molecule has 0 fully saturated rings. The standard InChI is InChI=1S/C14H17NO4/c1-4-19-14(16)8-6-11-5-7-12(10(2)3)13(9-11)15(17)18/h5-10H,4H2,1-3H3/b8-6+. The van der Waals surface area contributed by atoms with Crippen LogP contribution in [0.4, 0.5) is 5.69 Å². The molecule has 0 saturated carbocycles. The number of nitro groups is 1. The van der Waals surface area contributed by atoms with Crippen LogP contribution in [0, 0.1) is 10.1 Å². The molecular formula is C14H17NO4. The number of ether oxygens (including phenoxy) is 1. The molecule has 1 aromatic carbocycles. The van der Waals surface area contributed by atoms with Gasteiger partial charge in [-0.05, 0) is 24.5 Å². The maximum atomic E-state index is 11.2. The molecule has 0 aliphatic heterocycles. The van der Waals surface area contributed by atoms with E-state index in [9.17, 15) is 14.9 Å². The van der Waals surface area contributed by atoms with Crippen LogP contribution in [-0.4, -0.2) is 17.5 Å². The van der Waals surface area contributed by atoms with Gasteiger partial charge in [-0.25, -0.2) is 4.79 Å². The van der Waals surface area contributed by atoms with Gasteiger partial charge in [0.1, 0.15) is 0 Å². The van der Waals surface area contributed by atoms with Gasteiger partial charge in [0.2, 0.25) is 0 Å². The number of carbonyl (C=O) groups excluding carboxylic acids is 1. The zero-order valence-electron chi connectivity index (χ0n) is 11.3. The first-order valence-electron chi connectivity index (χ1n) is 6.08. The summed E-state index contributed by atoms with van der Waals surface area (Å²) in [4.78, 5) is 21.8. The van der Waals surface area contributed by atoms with Gasteiger partial charge in [0.25, 0.3) is 5.69 Å². The summed E-state index contributed by atoms with van der Waals surface area (Å²) in [6, 6.07) is 4.93. The lowest BCUT2D eigenvalue weighted by atomic mass is 9.99. The average Bonchev–Trinajstić information content (AvgIpc) is 2.36. The van der Waals surface area contributed by atoms with Crippen molar-refractivity contribution in [3.8, 4) is 0 Å². The van der Waals surface area contributed by atoms with E-state index in [0.717, 1.165) is 0 Å². The van der Waals surface area contributed by atoms with Crippen LogP contribution in [0.2, 0.25) is 0 Å². The molecule has 1 rings (SSSR count). The Labute approximate surface area is 112 Å². The van der Waals surface area contributed by atoms with Crippen LogP contribution in [0.25, 0.3) is 6.08 Å². The number of hydrogen-bond donors (Lipinski definition) is 0. The Kier molecular flexibility index (Phi) is 5.23. The lowest BCUT2D eigenvalue weighted by Gasteiger charge is -2.06. The third-order valence-electron chi connectivity index (χ3n) is 2.57. The van der Waals surface area contributed by atoms with Gasteiger partial charge in [-0.15, -0.1) is 0 Å². The third kappa shape index (κ3) is 4.21. The number of hydrogen-bond acceptors (Lipinski definition) is 4. The van der Waals surface area contributed by atoms with Gasteiger partial charge >= 0.3 is 5.97 Å². The number of carbonyl (C=O) groups is 1. The normalized spacial score (nSPS) is 10.9. The first-order valence-corrected chi connectivity index (χ1v) is 6.08. The molecule has 5 heteroatoms. The molecule has 0 unspecified atom stereocenters. The fourth-order valence-electron chi connectivity index (χ4n) is 1.67. The second kappa shape index (κ2) is 6.68. The summed E-state index contributed by atoms with van der Waals surface area (Å²) in [6.07, 6.45) is 2.77. The van der Waals surface area contributed by atoms with Crippen molar-refractivity contribution in [2.24, 2.45) is 0 Å². The minimum atomic E-state index is -0.460. The van der Waals surface area contributed by atoms with Crippen molar-refractivity contribution in [3.63, 3.8) is 0 Å². The van der Waals surface area contributed by atoms with E-state index in [2.05, 4.69) is 0 Å². The van der Waals surface area contributed by atoms with Gasteiger partial charge in [-0.1, -0.05) is 26.0 Å². The van der Waals surface area contributed by atoms with Crippen LogP contribution in [0.15, 0.2) is 24.3 Å². The molecule has 0 N–H and O–H groups in total. The number of nitro benzene ring substituents is 1. The van der Waals surface area contributed by atoms with Crippen molar-refractivity contribution in [1.29, 1.82) is 0 Å². The molecule has 0 atom stereocenters. The highest BCUT2D eigenvalue weighted by atomic mass is 16.6. The van der Waals surface area contributed by atoms with E-state index in [1.165, 1.54) is 18.2 Å². The molecule has 0 bridgehead atoms. The van der Waals surface area contributed by atoms with Crippen molar-refractivity contribution < 1.29 is 14.5 Å². The van der Waals surface area contributed by atoms with Crippen LogP contribution in [0.1, 0.15) is 37.8 Å². The van der Waals surface area contributed by atoms with Gasteiger partial charge in [-0.3, -0.25) is 10.1 Å². The first-order chi connectivity index (χ1) is 8.95. The summed E-state index contributed by atoms with van der Waals surface area (Å²) in [5.74, 6) is -0.387. The molecule has 19 heavy (non-hydrogen) atoms. The number of nitrogens with zero attached hydrogens (tertiary/aromatic N) is 1. The van der Waals surface area contributed by atoms with Crippen molar-refractivity contribution in [2.45, 2.75) is 26.7 Å². The third-order valence-corrected chi connectivity index (χ3v) is 2.57. The molecule has 0 radical (unpaired) electrons. The number of esters is 1. The molecule has 1 aromatic rings. The minimum Gasteiger partial charge on any atom is -0.463 e. The summed E-state index contributed by atoms with van der Waals surface area (Å²) < 4.78 is 4.74. The SMILES string of the molecule is CCOC(=O)/C=C/c1ccc(C(C)C)c([N+](=O)[O-])c1. The van der Waals surface area contributed by atoms with E-state index in [1.54, 1.807) is 19.1 Å². The van der Waals surface area contributed by atoms with Gasteiger partial charge in [0.05, 0.1) is 11.5 Å². The minimum absolute atomic E-state index is 0.0704. The van der Waals surface area contributed by atoms with Crippen LogP contribution in [-0.2, 0) is 9.53 Å². The summed E-state index contributed by atoms with van der Waals surface area (Å²) >= 11 is 0. The van der Waals surface area contributed by atoms with E-state index in [-0.39, 0.29) is 11.6 Å². The van der Waals surface area contributed by atoms with Gasteiger partial charge < -0.3 is 4.74 Å². The smallest absolute Gasteiger partial charge is 0.330 e. The lowest BCUT2D eigenvalue weighted by Crippen LogP contribution is -1.99. The summed E-state index contributed by atoms with van der Waals surface area (Å²) in [5.41, 5.74) is 1.35. The number of benzene rings is 1. The Balaban J connectivity index is 3.02. The largest absolute Gasteiger partial charge is 0.463 e. The highest BCUT2D eigenvalue weighted by Crippen LogP contribution is 2.27. The second-order valence-electron chi connectivity index (χ2n) is 4.32. The van der Waals surface area contributed by atoms with Crippen LogP contribution in [0.3, 0.4) is 0 Å². The number of rotatable bonds is 5. The molecule has 0 heterocycles. The van der Waals surface area contributed by atoms with Gasteiger partial charge in [0, 0.05) is 17.7 Å². The molecular weight excluding hydrogens is 246 g/mol. The zero-order chi connectivity index (χ0) is 14.4. The van der Waals surface area contributed by atoms with Crippen molar-refractivity contribution in [1.82, 2.24) is 0 Å². The van der Waals surface area contributed by atoms with Gasteiger partial charge in [-0.2, -0.15) is 0 Å². The van der Waals surface area contributed by atoms with Crippen LogP contribution in [0.5, 0.6) is 0 Å². The molecule has 5 nitrogen and oxygen atoms in total. The van der Waals surface area contributed by atoms with E-state index in [1.807, 2.05) is 13.8 Å². The Hall–Kier alpha value is -2.17. The summed E-state index contributed by atoms with van der Waals surface area (Å²) in [5, 5.41) is 11.0. The fraction of sp³-hybridized carbons (Fsp3) is 0.357. The topological polar surface area (TPSA) is 69.4 Å². The maximum absolute atomic E-state index is 11.2. The Bertz CT molecular complexity index is 506. The van der Waals surface area contributed by atoms with Gasteiger partial charge in [0.15, 0.2) is 0 Å². The Morgan fingerprint density at radius 1 is 1.47 bits per heavy atom. The summed E-state index contributed by atoms with van der Waals surface area (Å²) in [6.45, 7) is 5.82. The van der Waals surface area contributed by atoms with Crippen LogP contribution >= 0.6 is 0 Å². The van der Waals surface area contributed by atoms with E-state index in [0.29, 0.717) is 17.7 Å². The Morgan fingerprint density at radius 3 is 2.68 bits per heavy atom. The quantitative estimate of drug-likeness (QED) is 0.354. The average molecular weight is 263 g/mol. The van der Waals surface area contributed by atoms with Crippen molar-refractivity contribution in [2.75, 3.05) is 6.61 Å². The lowest BCUT2D eigenvalue weighted by molar-refractivity contribution is -0.385. The van der Waals surface area contributed by atoms with Crippen molar-refractivity contribution >= 4 is 17.7 Å². The van der Waals surface area contributed by atoms with E-state index in [4.69, 9.17) is 4.74 Å². The molecule has 0 aliphatic carbocycles.